The molecule has 1 saturated heterocycles. The molecular formula is C20H28N2. The molecule has 2 atom stereocenters. The van der Waals surface area contributed by atoms with Crippen molar-refractivity contribution in [1.29, 1.82) is 0 Å². The lowest BCUT2D eigenvalue weighted by atomic mass is 9.80. The van der Waals surface area contributed by atoms with E-state index in [0.29, 0.717) is 0 Å². The third-order valence-corrected chi connectivity index (χ3v) is 6.08. The number of hydrogen-bond acceptors (Lipinski definition) is 1. The summed E-state index contributed by atoms with van der Waals surface area (Å²) in [4.78, 5) is 6.67. The Kier molecular flexibility index (Phi) is 3.53. The maximum atomic E-state index is 3.82. The van der Waals surface area contributed by atoms with Gasteiger partial charge in [-0.1, -0.05) is 31.5 Å². The van der Waals surface area contributed by atoms with Crippen molar-refractivity contribution in [1.82, 2.24) is 9.88 Å². The van der Waals surface area contributed by atoms with E-state index in [4.69, 9.17) is 0 Å². The predicted molar refractivity (Wildman–Crippen MR) is 93.2 cm³/mol. The Morgan fingerprint density at radius 2 is 2.14 bits per heavy atom. The molecule has 1 aromatic heterocycles. The first kappa shape index (κ1) is 14.3. The molecule has 2 aliphatic heterocycles. The second-order valence-corrected chi connectivity index (χ2v) is 7.43. The summed E-state index contributed by atoms with van der Waals surface area (Å²) < 4.78 is 0. The SMILES string of the molecule is CCCC1CCC[C@@]2(C)c3[nH]c4ccccc4c3CCCN12. The number of fused-ring (bicyclic) bond motifs is 5. The van der Waals surface area contributed by atoms with Gasteiger partial charge in [0.1, 0.15) is 0 Å². The summed E-state index contributed by atoms with van der Waals surface area (Å²) >= 11 is 0. The molecule has 0 amide bonds. The van der Waals surface area contributed by atoms with Crippen LogP contribution in [0.4, 0.5) is 0 Å². The van der Waals surface area contributed by atoms with Crippen molar-refractivity contribution in [3.05, 3.63) is 35.5 Å². The van der Waals surface area contributed by atoms with Gasteiger partial charge in [0.05, 0.1) is 5.54 Å². The Morgan fingerprint density at radius 1 is 1.27 bits per heavy atom. The molecule has 0 saturated carbocycles. The predicted octanol–water partition coefficient (Wildman–Crippen LogP) is 4.98. The minimum atomic E-state index is 0.211. The van der Waals surface area contributed by atoms with Crippen molar-refractivity contribution in [2.75, 3.05) is 6.54 Å². The number of aryl methyl sites for hydroxylation is 1. The molecule has 0 radical (unpaired) electrons. The molecular weight excluding hydrogens is 268 g/mol. The Balaban J connectivity index is 1.85. The number of H-pyrrole nitrogens is 1. The van der Waals surface area contributed by atoms with Gasteiger partial charge in [0.15, 0.2) is 0 Å². The molecule has 1 N–H and O–H groups in total. The Morgan fingerprint density at radius 3 is 3.00 bits per heavy atom. The van der Waals surface area contributed by atoms with Crippen molar-refractivity contribution in [2.45, 2.75) is 70.4 Å². The second-order valence-electron chi connectivity index (χ2n) is 7.43. The molecule has 3 heterocycles. The summed E-state index contributed by atoms with van der Waals surface area (Å²) in [5.41, 5.74) is 4.65. The lowest BCUT2D eigenvalue weighted by Gasteiger charge is -2.49. The molecule has 0 aliphatic carbocycles. The molecule has 2 nitrogen and oxygen atoms in total. The van der Waals surface area contributed by atoms with Crippen LogP contribution in [0.2, 0.25) is 0 Å². The summed E-state index contributed by atoms with van der Waals surface area (Å²) in [6.07, 6.45) is 9.23. The van der Waals surface area contributed by atoms with Gasteiger partial charge < -0.3 is 4.98 Å². The number of aromatic amines is 1. The second kappa shape index (κ2) is 5.42. The first-order valence-electron chi connectivity index (χ1n) is 9.11. The van der Waals surface area contributed by atoms with Gasteiger partial charge in [-0.3, -0.25) is 4.90 Å². The molecule has 0 bridgehead atoms. The van der Waals surface area contributed by atoms with Gasteiger partial charge in [-0.2, -0.15) is 0 Å². The van der Waals surface area contributed by atoms with E-state index in [1.807, 2.05) is 0 Å². The third kappa shape index (κ3) is 2.04. The minimum Gasteiger partial charge on any atom is -0.357 e. The maximum Gasteiger partial charge on any atom is 0.0588 e. The van der Waals surface area contributed by atoms with Crippen LogP contribution in [0.15, 0.2) is 24.3 Å². The molecule has 22 heavy (non-hydrogen) atoms. The van der Waals surface area contributed by atoms with Crippen LogP contribution in [-0.4, -0.2) is 22.5 Å². The highest BCUT2D eigenvalue weighted by molar-refractivity contribution is 5.85. The summed E-state index contributed by atoms with van der Waals surface area (Å²) in [7, 11) is 0. The van der Waals surface area contributed by atoms with Gasteiger partial charge in [0.2, 0.25) is 0 Å². The fourth-order valence-corrected chi connectivity index (χ4v) is 5.06. The lowest BCUT2D eigenvalue weighted by Crippen LogP contribution is -2.52. The topological polar surface area (TPSA) is 19.0 Å². The summed E-state index contributed by atoms with van der Waals surface area (Å²) in [6.45, 7) is 6.09. The molecule has 2 heteroatoms. The highest BCUT2D eigenvalue weighted by Gasteiger charge is 2.44. The van der Waals surface area contributed by atoms with E-state index in [9.17, 15) is 0 Å². The molecule has 4 rings (SSSR count). The minimum absolute atomic E-state index is 0.211. The van der Waals surface area contributed by atoms with Crippen molar-refractivity contribution < 1.29 is 0 Å². The Bertz CT molecular complexity index is 669. The van der Waals surface area contributed by atoms with Gasteiger partial charge in [0, 0.05) is 22.6 Å². The van der Waals surface area contributed by atoms with Crippen molar-refractivity contribution in [3.63, 3.8) is 0 Å². The number of hydrogen-bond donors (Lipinski definition) is 1. The fraction of sp³-hybridized carbons (Fsp3) is 0.600. The Labute approximate surface area is 133 Å². The van der Waals surface area contributed by atoms with E-state index in [1.165, 1.54) is 68.1 Å². The first-order chi connectivity index (χ1) is 10.7. The first-order valence-corrected chi connectivity index (χ1v) is 9.11. The van der Waals surface area contributed by atoms with Crippen LogP contribution >= 0.6 is 0 Å². The van der Waals surface area contributed by atoms with E-state index < -0.39 is 0 Å². The zero-order valence-corrected chi connectivity index (χ0v) is 14.0. The Hall–Kier alpha value is -1.28. The number of nitrogens with zero attached hydrogens (tertiary/aromatic N) is 1. The molecule has 2 aliphatic rings. The number of benzene rings is 1. The molecule has 118 valence electrons. The number of nitrogens with one attached hydrogen (secondary N) is 1. The van der Waals surface area contributed by atoms with Gasteiger partial charge >= 0.3 is 0 Å². The van der Waals surface area contributed by atoms with E-state index >= 15 is 0 Å². The average Bonchev–Trinajstić information content (AvgIpc) is 2.83. The average molecular weight is 296 g/mol. The quantitative estimate of drug-likeness (QED) is 0.827. The van der Waals surface area contributed by atoms with Crippen LogP contribution in [0.5, 0.6) is 0 Å². The molecule has 1 fully saturated rings. The van der Waals surface area contributed by atoms with E-state index in [2.05, 4.69) is 48.0 Å². The van der Waals surface area contributed by atoms with Crippen LogP contribution in [0.1, 0.15) is 63.6 Å². The number of piperidine rings is 1. The van der Waals surface area contributed by atoms with Crippen molar-refractivity contribution in [2.24, 2.45) is 0 Å². The zero-order valence-electron chi connectivity index (χ0n) is 14.0. The maximum absolute atomic E-state index is 3.82. The van der Waals surface area contributed by atoms with E-state index in [1.54, 1.807) is 5.56 Å². The third-order valence-electron chi connectivity index (χ3n) is 6.08. The van der Waals surface area contributed by atoms with E-state index in [-0.39, 0.29) is 5.54 Å². The molecule has 1 unspecified atom stereocenters. The van der Waals surface area contributed by atoms with Crippen LogP contribution in [0.25, 0.3) is 10.9 Å². The summed E-state index contributed by atoms with van der Waals surface area (Å²) in [5.74, 6) is 0. The van der Waals surface area contributed by atoms with Crippen molar-refractivity contribution >= 4 is 10.9 Å². The molecule has 0 spiro atoms. The normalized spacial score (nSPS) is 29.1. The fourth-order valence-electron chi connectivity index (χ4n) is 5.06. The standard InChI is InChI=1S/C20H28N2/c1-3-8-15-9-6-13-20(2)19-17(11-7-14-22(15)20)16-10-4-5-12-18(16)21-19/h4-5,10,12,15,21H,3,6-9,11,13-14H2,1-2H3/t15?,20-/m0/s1. The lowest BCUT2D eigenvalue weighted by molar-refractivity contribution is 0.00409. The van der Waals surface area contributed by atoms with Gasteiger partial charge in [-0.15, -0.1) is 0 Å². The van der Waals surface area contributed by atoms with Gasteiger partial charge in [-0.25, -0.2) is 0 Å². The zero-order chi connectivity index (χ0) is 15.2. The van der Waals surface area contributed by atoms with Crippen LogP contribution < -0.4 is 0 Å². The molecule has 2 aromatic rings. The number of para-hydroxylation sites is 1. The molecule has 1 aromatic carbocycles. The van der Waals surface area contributed by atoms with Gasteiger partial charge in [-0.05, 0) is 63.6 Å². The van der Waals surface area contributed by atoms with Crippen LogP contribution in [0, 0.1) is 0 Å². The highest BCUT2D eigenvalue weighted by Crippen LogP contribution is 2.45. The summed E-state index contributed by atoms with van der Waals surface area (Å²) in [6, 6.07) is 9.66. The van der Waals surface area contributed by atoms with Gasteiger partial charge in [0.25, 0.3) is 0 Å². The summed E-state index contributed by atoms with van der Waals surface area (Å²) in [5, 5.41) is 1.46. The van der Waals surface area contributed by atoms with E-state index in [0.717, 1.165) is 6.04 Å². The van der Waals surface area contributed by atoms with Crippen LogP contribution in [0.3, 0.4) is 0 Å². The highest BCUT2D eigenvalue weighted by atomic mass is 15.2. The number of rotatable bonds is 2. The monoisotopic (exact) mass is 296 g/mol. The van der Waals surface area contributed by atoms with Crippen molar-refractivity contribution in [3.8, 4) is 0 Å². The van der Waals surface area contributed by atoms with Crippen LogP contribution in [-0.2, 0) is 12.0 Å². The number of aromatic nitrogens is 1. The smallest absolute Gasteiger partial charge is 0.0588 e. The largest absolute Gasteiger partial charge is 0.357 e.